The number of aromatic amines is 1. The number of H-pyrrole nitrogens is 1. The van der Waals surface area contributed by atoms with Crippen LogP contribution in [-0.2, 0) is 11.0 Å². The van der Waals surface area contributed by atoms with E-state index in [-0.39, 0.29) is 11.7 Å². The van der Waals surface area contributed by atoms with Crippen LogP contribution in [0.25, 0.3) is 0 Å². The van der Waals surface area contributed by atoms with E-state index in [0.29, 0.717) is 0 Å². The van der Waals surface area contributed by atoms with Gasteiger partial charge < -0.3 is 10.4 Å². The maximum Gasteiger partial charge on any atom is 0.453 e. The van der Waals surface area contributed by atoms with Gasteiger partial charge in [-0.05, 0) is 12.8 Å². The summed E-state index contributed by atoms with van der Waals surface area (Å²) in [7, 11) is 0. The summed E-state index contributed by atoms with van der Waals surface area (Å²) in [6.45, 7) is 4.72. The van der Waals surface area contributed by atoms with Crippen molar-refractivity contribution in [1.82, 2.24) is 20.5 Å². The van der Waals surface area contributed by atoms with Crippen molar-refractivity contribution in [2.24, 2.45) is 5.92 Å². The molecule has 0 aliphatic rings. The number of hydrogen-bond donors (Lipinski definition) is 3. The van der Waals surface area contributed by atoms with Crippen LogP contribution in [0.3, 0.4) is 0 Å². The van der Waals surface area contributed by atoms with Gasteiger partial charge in [-0.2, -0.15) is 13.2 Å². The second-order valence-electron chi connectivity index (χ2n) is 4.46. The topological polar surface area (TPSA) is 90.9 Å². The molecule has 0 saturated heterocycles. The highest BCUT2D eigenvalue weighted by Crippen LogP contribution is 2.26. The number of aromatic nitrogens is 3. The predicted molar refractivity (Wildman–Crippen MR) is 58.8 cm³/mol. The molecular weight excluding hydrogens is 265 g/mol. The van der Waals surface area contributed by atoms with Gasteiger partial charge in [0.2, 0.25) is 5.91 Å². The van der Waals surface area contributed by atoms with Crippen molar-refractivity contribution >= 4 is 5.91 Å². The molecule has 0 aliphatic carbocycles. The minimum Gasteiger partial charge on any atom is -0.383 e. The van der Waals surface area contributed by atoms with E-state index < -0.39 is 30.1 Å². The van der Waals surface area contributed by atoms with Gasteiger partial charge >= 0.3 is 6.18 Å². The number of amides is 1. The van der Waals surface area contributed by atoms with Crippen molar-refractivity contribution < 1.29 is 23.1 Å². The number of alkyl halides is 3. The molecule has 0 saturated carbocycles. The number of carbonyl (C=O) groups is 1. The van der Waals surface area contributed by atoms with E-state index in [4.69, 9.17) is 0 Å². The number of rotatable bonds is 4. The Morgan fingerprint density at radius 1 is 1.37 bits per heavy atom. The molecule has 1 unspecified atom stereocenters. The number of halogens is 3. The van der Waals surface area contributed by atoms with E-state index in [1.54, 1.807) is 13.8 Å². The van der Waals surface area contributed by atoms with Crippen LogP contribution < -0.4 is 5.32 Å². The summed E-state index contributed by atoms with van der Waals surface area (Å²) >= 11 is 0. The van der Waals surface area contributed by atoms with Crippen molar-refractivity contribution in [1.29, 1.82) is 0 Å². The highest BCUT2D eigenvalue weighted by Gasteiger charge is 2.36. The van der Waals surface area contributed by atoms with Gasteiger partial charge in [0, 0.05) is 0 Å². The first-order valence-corrected chi connectivity index (χ1v) is 5.61. The van der Waals surface area contributed by atoms with Gasteiger partial charge in [0.1, 0.15) is 11.9 Å². The lowest BCUT2D eigenvalue weighted by atomic mass is 10.1. The van der Waals surface area contributed by atoms with Gasteiger partial charge in [-0.3, -0.25) is 9.89 Å². The Balaban J connectivity index is 2.71. The van der Waals surface area contributed by atoms with Gasteiger partial charge in [0.15, 0.2) is 0 Å². The molecule has 0 radical (unpaired) electrons. The molecule has 0 spiro atoms. The molecule has 1 aromatic heterocycles. The second-order valence-corrected chi connectivity index (χ2v) is 4.46. The lowest BCUT2D eigenvalue weighted by Gasteiger charge is -2.17. The van der Waals surface area contributed by atoms with Crippen LogP contribution in [0.4, 0.5) is 13.2 Å². The molecule has 9 heteroatoms. The lowest BCUT2D eigenvalue weighted by Crippen LogP contribution is -2.39. The SMILES string of the molecule is CC(NC(=O)[C@H](O)C(C)C)c1nc(C(F)(F)F)n[nH]1. The Kier molecular flexibility index (Phi) is 4.51. The zero-order valence-electron chi connectivity index (χ0n) is 10.6. The fraction of sp³-hybridized carbons (Fsp3) is 0.700. The summed E-state index contributed by atoms with van der Waals surface area (Å²) < 4.78 is 36.9. The fourth-order valence-corrected chi connectivity index (χ4v) is 1.26. The number of aliphatic hydroxyl groups is 1. The highest BCUT2D eigenvalue weighted by atomic mass is 19.4. The molecule has 1 aromatic rings. The predicted octanol–water partition coefficient (Wildman–Crippen LogP) is 1.02. The smallest absolute Gasteiger partial charge is 0.383 e. The molecule has 1 rings (SSSR count). The van der Waals surface area contributed by atoms with Gasteiger partial charge in [0.05, 0.1) is 6.04 Å². The molecular formula is C10H15F3N4O2. The first-order valence-electron chi connectivity index (χ1n) is 5.61. The van der Waals surface area contributed by atoms with Crippen LogP contribution in [0, 0.1) is 5.92 Å². The molecule has 0 bridgehead atoms. The van der Waals surface area contributed by atoms with Crippen molar-refractivity contribution in [2.45, 2.75) is 39.1 Å². The first-order chi connectivity index (χ1) is 8.62. The van der Waals surface area contributed by atoms with E-state index in [1.807, 2.05) is 0 Å². The lowest BCUT2D eigenvalue weighted by molar-refractivity contribution is -0.144. The Labute approximate surface area is 107 Å². The third-order valence-corrected chi connectivity index (χ3v) is 2.43. The van der Waals surface area contributed by atoms with E-state index in [0.717, 1.165) is 0 Å². The average molecular weight is 280 g/mol. The molecule has 0 aromatic carbocycles. The molecule has 19 heavy (non-hydrogen) atoms. The molecule has 3 N–H and O–H groups in total. The number of aliphatic hydroxyl groups excluding tert-OH is 1. The summed E-state index contributed by atoms with van der Waals surface area (Å²) in [5.74, 6) is -2.40. The van der Waals surface area contributed by atoms with Gasteiger partial charge in [-0.25, -0.2) is 4.98 Å². The normalized spacial score (nSPS) is 15.4. The van der Waals surface area contributed by atoms with Gasteiger partial charge in [-0.15, -0.1) is 5.10 Å². The number of hydrogen-bond acceptors (Lipinski definition) is 4. The third kappa shape index (κ3) is 3.91. The maximum atomic E-state index is 12.3. The summed E-state index contributed by atoms with van der Waals surface area (Å²) in [5, 5.41) is 17.0. The Hall–Kier alpha value is -1.64. The minimum atomic E-state index is -4.64. The second kappa shape index (κ2) is 5.55. The van der Waals surface area contributed by atoms with Crippen LogP contribution in [0.2, 0.25) is 0 Å². The zero-order valence-corrected chi connectivity index (χ0v) is 10.6. The van der Waals surface area contributed by atoms with Crippen molar-refractivity contribution in [3.8, 4) is 0 Å². The minimum absolute atomic E-state index is 0.128. The summed E-state index contributed by atoms with van der Waals surface area (Å²) in [6, 6.07) is -0.815. The average Bonchev–Trinajstić information content (AvgIpc) is 2.76. The Bertz CT molecular complexity index is 444. The summed E-state index contributed by atoms with van der Waals surface area (Å²) in [4.78, 5) is 14.8. The van der Waals surface area contributed by atoms with Crippen molar-refractivity contribution in [2.75, 3.05) is 0 Å². The number of nitrogens with zero attached hydrogens (tertiary/aromatic N) is 2. The van der Waals surface area contributed by atoms with Crippen molar-refractivity contribution in [3.05, 3.63) is 11.6 Å². The molecule has 0 fully saturated rings. The number of nitrogens with one attached hydrogen (secondary N) is 2. The number of carbonyl (C=O) groups excluding carboxylic acids is 1. The Morgan fingerprint density at radius 3 is 2.37 bits per heavy atom. The molecule has 108 valence electrons. The largest absolute Gasteiger partial charge is 0.453 e. The summed E-state index contributed by atoms with van der Waals surface area (Å²) in [6.07, 6.45) is -5.87. The van der Waals surface area contributed by atoms with E-state index in [2.05, 4.69) is 20.5 Å². The molecule has 0 aliphatic heterocycles. The van der Waals surface area contributed by atoms with Gasteiger partial charge in [0.25, 0.3) is 5.82 Å². The molecule has 2 atom stereocenters. The first kappa shape index (κ1) is 15.4. The monoisotopic (exact) mass is 280 g/mol. The quantitative estimate of drug-likeness (QED) is 0.768. The Morgan fingerprint density at radius 2 is 1.95 bits per heavy atom. The van der Waals surface area contributed by atoms with E-state index >= 15 is 0 Å². The van der Waals surface area contributed by atoms with Crippen LogP contribution in [0.5, 0.6) is 0 Å². The highest BCUT2D eigenvalue weighted by molar-refractivity contribution is 5.81. The van der Waals surface area contributed by atoms with Crippen LogP contribution in [0.15, 0.2) is 0 Å². The fourth-order valence-electron chi connectivity index (χ4n) is 1.26. The summed E-state index contributed by atoms with van der Waals surface area (Å²) in [5.41, 5.74) is 0. The zero-order chi connectivity index (χ0) is 14.8. The third-order valence-electron chi connectivity index (χ3n) is 2.43. The van der Waals surface area contributed by atoms with Crippen LogP contribution in [-0.4, -0.2) is 32.3 Å². The van der Waals surface area contributed by atoms with Gasteiger partial charge in [-0.1, -0.05) is 13.8 Å². The standard InChI is InChI=1S/C10H15F3N4O2/c1-4(2)6(18)8(19)14-5(3)7-15-9(17-16-7)10(11,12)13/h4-6,18H,1-3H3,(H,14,19)(H,15,16,17)/t5?,6-/m1/s1. The van der Waals surface area contributed by atoms with Crippen LogP contribution in [0.1, 0.15) is 38.5 Å². The molecule has 6 nitrogen and oxygen atoms in total. The van der Waals surface area contributed by atoms with Crippen molar-refractivity contribution in [3.63, 3.8) is 0 Å². The van der Waals surface area contributed by atoms with E-state index in [1.165, 1.54) is 6.92 Å². The molecule has 1 heterocycles. The van der Waals surface area contributed by atoms with Crippen LogP contribution >= 0.6 is 0 Å². The maximum absolute atomic E-state index is 12.3. The van der Waals surface area contributed by atoms with E-state index in [9.17, 15) is 23.1 Å². The molecule has 1 amide bonds.